The van der Waals surface area contributed by atoms with Crippen LogP contribution in [0.1, 0.15) is 11.3 Å². The Morgan fingerprint density at radius 3 is 2.56 bits per heavy atom. The smallest absolute Gasteiger partial charge is 0.224 e. The zero-order valence-corrected chi connectivity index (χ0v) is 15.8. The summed E-state index contributed by atoms with van der Waals surface area (Å²) in [5, 5.41) is 6.94. The molecule has 0 radical (unpaired) electrons. The molecule has 0 amide bonds. The molecule has 0 atom stereocenters. The number of aryl methyl sites for hydroxylation is 1. The van der Waals surface area contributed by atoms with Gasteiger partial charge in [-0.25, -0.2) is 9.37 Å². The van der Waals surface area contributed by atoms with Gasteiger partial charge in [-0.1, -0.05) is 23.7 Å². The number of aromatic nitrogens is 2. The van der Waals surface area contributed by atoms with Crippen LogP contribution in [-0.4, -0.2) is 23.6 Å². The summed E-state index contributed by atoms with van der Waals surface area (Å²) in [6.07, 6.45) is 0.744. The van der Waals surface area contributed by atoms with Crippen LogP contribution in [0.2, 0.25) is 5.02 Å². The number of hydrogen-bond acceptors (Lipinski definition) is 5. The molecule has 140 valence electrons. The second kappa shape index (κ2) is 8.68. The highest BCUT2D eigenvalue weighted by Gasteiger charge is 2.06. The molecule has 3 aromatic rings. The van der Waals surface area contributed by atoms with Gasteiger partial charge in [-0.15, -0.1) is 0 Å². The summed E-state index contributed by atoms with van der Waals surface area (Å²) >= 11 is 6.16. The molecule has 0 bridgehead atoms. The van der Waals surface area contributed by atoms with Gasteiger partial charge in [0.05, 0.1) is 12.1 Å². The molecule has 2 N–H and O–H groups in total. The Labute approximate surface area is 162 Å². The van der Waals surface area contributed by atoms with Gasteiger partial charge in [0.2, 0.25) is 5.95 Å². The first-order valence-electron chi connectivity index (χ1n) is 8.48. The zero-order valence-electron chi connectivity index (χ0n) is 15.1. The summed E-state index contributed by atoms with van der Waals surface area (Å²) in [6.45, 7) is 2.54. The van der Waals surface area contributed by atoms with Crippen LogP contribution in [0.3, 0.4) is 0 Å². The fourth-order valence-electron chi connectivity index (χ4n) is 2.57. The van der Waals surface area contributed by atoms with E-state index in [1.54, 1.807) is 31.4 Å². The van der Waals surface area contributed by atoms with Crippen LogP contribution in [-0.2, 0) is 6.42 Å². The van der Waals surface area contributed by atoms with Crippen molar-refractivity contribution in [3.8, 4) is 5.75 Å². The molecule has 5 nitrogen and oxygen atoms in total. The normalized spacial score (nSPS) is 10.5. The molecule has 7 heteroatoms. The van der Waals surface area contributed by atoms with Crippen LogP contribution in [0, 0.1) is 12.7 Å². The lowest BCUT2D eigenvalue weighted by atomic mass is 10.1. The van der Waals surface area contributed by atoms with Crippen molar-refractivity contribution in [1.29, 1.82) is 0 Å². The molecule has 0 saturated heterocycles. The Bertz CT molecular complexity index is 918. The van der Waals surface area contributed by atoms with E-state index in [1.165, 1.54) is 12.1 Å². The Balaban J connectivity index is 1.65. The maximum atomic E-state index is 13.0. The van der Waals surface area contributed by atoms with Crippen molar-refractivity contribution in [2.75, 3.05) is 24.3 Å². The van der Waals surface area contributed by atoms with Crippen LogP contribution in [0.15, 0.2) is 48.5 Å². The number of rotatable bonds is 7. The number of benzene rings is 2. The van der Waals surface area contributed by atoms with Crippen molar-refractivity contribution < 1.29 is 9.13 Å². The number of ether oxygens (including phenoxy) is 1. The number of nitrogens with zero attached hydrogens (tertiary/aromatic N) is 2. The Kier molecular flexibility index (Phi) is 6.08. The van der Waals surface area contributed by atoms with Crippen LogP contribution < -0.4 is 15.4 Å². The maximum absolute atomic E-state index is 13.0. The number of methoxy groups -OCH3 is 1. The SMILES string of the molecule is COc1ccc(Nc2cc(C)nc(NCCc3ccc(F)cc3)n2)cc1Cl. The second-order valence-electron chi connectivity index (χ2n) is 6.00. The first-order chi connectivity index (χ1) is 13.0. The summed E-state index contributed by atoms with van der Waals surface area (Å²) in [5.74, 6) is 1.57. The maximum Gasteiger partial charge on any atom is 0.224 e. The molecule has 27 heavy (non-hydrogen) atoms. The van der Waals surface area contributed by atoms with Crippen LogP contribution >= 0.6 is 11.6 Å². The number of anilines is 3. The van der Waals surface area contributed by atoms with Gasteiger partial charge >= 0.3 is 0 Å². The third-order valence-electron chi connectivity index (χ3n) is 3.89. The number of halogens is 2. The van der Waals surface area contributed by atoms with Gasteiger partial charge < -0.3 is 15.4 Å². The standard InChI is InChI=1S/C20H20ClFN4O/c1-13-11-19(25-16-7-8-18(27-2)17(21)12-16)26-20(24-13)23-10-9-14-3-5-15(22)6-4-14/h3-8,11-12H,9-10H2,1-2H3,(H2,23,24,25,26). The van der Waals surface area contributed by atoms with E-state index in [2.05, 4.69) is 20.6 Å². The Hall–Kier alpha value is -2.86. The molecule has 2 aromatic carbocycles. The number of hydrogen-bond donors (Lipinski definition) is 2. The quantitative estimate of drug-likeness (QED) is 0.599. The molecule has 0 spiro atoms. The van der Waals surface area contributed by atoms with Crippen molar-refractivity contribution in [2.24, 2.45) is 0 Å². The first-order valence-corrected chi connectivity index (χ1v) is 8.86. The average Bonchev–Trinajstić information content (AvgIpc) is 2.63. The molecule has 0 aliphatic rings. The van der Waals surface area contributed by atoms with Gasteiger partial charge in [0.1, 0.15) is 17.4 Å². The van der Waals surface area contributed by atoms with Gasteiger partial charge in [0.15, 0.2) is 0 Å². The van der Waals surface area contributed by atoms with Crippen molar-refractivity contribution in [3.05, 3.63) is 70.6 Å². The molecule has 3 rings (SSSR count). The molecule has 0 saturated carbocycles. The van der Waals surface area contributed by atoms with Crippen molar-refractivity contribution >= 4 is 29.1 Å². The molecule has 1 aromatic heterocycles. The summed E-state index contributed by atoms with van der Waals surface area (Å²) < 4.78 is 18.1. The molecular weight excluding hydrogens is 367 g/mol. The summed E-state index contributed by atoms with van der Waals surface area (Å²) in [7, 11) is 1.58. The molecule has 0 unspecified atom stereocenters. The fourth-order valence-corrected chi connectivity index (χ4v) is 2.83. The van der Waals surface area contributed by atoms with Gasteiger partial charge in [0.25, 0.3) is 0 Å². The number of nitrogens with one attached hydrogen (secondary N) is 2. The van der Waals surface area contributed by atoms with E-state index >= 15 is 0 Å². The van der Waals surface area contributed by atoms with Gasteiger partial charge in [0, 0.05) is 24.0 Å². The summed E-state index contributed by atoms with van der Waals surface area (Å²) in [5.41, 5.74) is 2.68. The van der Waals surface area contributed by atoms with E-state index < -0.39 is 0 Å². The predicted molar refractivity (Wildman–Crippen MR) is 107 cm³/mol. The van der Waals surface area contributed by atoms with Crippen LogP contribution in [0.4, 0.5) is 21.8 Å². The highest BCUT2D eigenvalue weighted by molar-refractivity contribution is 6.32. The van der Waals surface area contributed by atoms with Crippen molar-refractivity contribution in [3.63, 3.8) is 0 Å². The molecular formula is C20H20ClFN4O. The van der Waals surface area contributed by atoms with Crippen molar-refractivity contribution in [1.82, 2.24) is 9.97 Å². The second-order valence-corrected chi connectivity index (χ2v) is 6.40. The minimum Gasteiger partial charge on any atom is -0.495 e. The molecule has 0 fully saturated rings. The van der Waals surface area contributed by atoms with E-state index in [4.69, 9.17) is 16.3 Å². The Morgan fingerprint density at radius 2 is 1.85 bits per heavy atom. The van der Waals surface area contributed by atoms with E-state index in [9.17, 15) is 4.39 Å². The van der Waals surface area contributed by atoms with E-state index in [0.717, 1.165) is 23.4 Å². The predicted octanol–water partition coefficient (Wildman–Crippen LogP) is 4.98. The van der Waals surface area contributed by atoms with E-state index in [-0.39, 0.29) is 5.82 Å². The lowest BCUT2D eigenvalue weighted by molar-refractivity contribution is 0.415. The minimum atomic E-state index is -0.233. The van der Waals surface area contributed by atoms with E-state index in [0.29, 0.717) is 29.1 Å². The molecule has 0 aliphatic carbocycles. The third-order valence-corrected chi connectivity index (χ3v) is 4.18. The highest BCUT2D eigenvalue weighted by Crippen LogP contribution is 2.28. The average molecular weight is 387 g/mol. The van der Waals surface area contributed by atoms with E-state index in [1.807, 2.05) is 19.1 Å². The fraction of sp³-hybridized carbons (Fsp3) is 0.200. The summed E-state index contributed by atoms with van der Waals surface area (Å²) in [6, 6.07) is 13.7. The van der Waals surface area contributed by atoms with Crippen LogP contribution in [0.5, 0.6) is 5.75 Å². The minimum absolute atomic E-state index is 0.233. The topological polar surface area (TPSA) is 59.1 Å². The first kappa shape index (κ1) is 18.9. The van der Waals surface area contributed by atoms with Crippen molar-refractivity contribution in [2.45, 2.75) is 13.3 Å². The largest absolute Gasteiger partial charge is 0.495 e. The van der Waals surface area contributed by atoms with Gasteiger partial charge in [-0.2, -0.15) is 4.98 Å². The molecule has 0 aliphatic heterocycles. The van der Waals surface area contributed by atoms with Crippen LogP contribution in [0.25, 0.3) is 0 Å². The monoisotopic (exact) mass is 386 g/mol. The summed E-state index contributed by atoms with van der Waals surface area (Å²) in [4.78, 5) is 8.88. The van der Waals surface area contributed by atoms with Gasteiger partial charge in [-0.3, -0.25) is 0 Å². The Morgan fingerprint density at radius 1 is 1.07 bits per heavy atom. The lowest BCUT2D eigenvalue weighted by Gasteiger charge is -2.11. The zero-order chi connectivity index (χ0) is 19.2. The highest BCUT2D eigenvalue weighted by atomic mass is 35.5. The third kappa shape index (κ3) is 5.31. The lowest BCUT2D eigenvalue weighted by Crippen LogP contribution is -2.09. The van der Waals surface area contributed by atoms with Gasteiger partial charge in [-0.05, 0) is 49.2 Å². The molecule has 1 heterocycles.